The van der Waals surface area contributed by atoms with Crippen molar-refractivity contribution in [2.75, 3.05) is 36.5 Å². The van der Waals surface area contributed by atoms with Crippen molar-refractivity contribution in [2.45, 2.75) is 19.0 Å². The van der Waals surface area contributed by atoms with Crippen molar-refractivity contribution >= 4 is 34.8 Å². The Balaban J connectivity index is 1.45. The fourth-order valence-corrected chi connectivity index (χ4v) is 5.01. The molecule has 0 aliphatic carbocycles. The van der Waals surface area contributed by atoms with Crippen LogP contribution >= 0.6 is 11.6 Å². The summed E-state index contributed by atoms with van der Waals surface area (Å²) < 4.78 is 19.1. The Bertz CT molecular complexity index is 1440. The average Bonchev–Trinajstić information content (AvgIpc) is 3.00. The molecule has 1 atom stereocenters. The summed E-state index contributed by atoms with van der Waals surface area (Å²) in [6.45, 7) is 3.10. The fourth-order valence-electron chi connectivity index (χ4n) is 4.89. The molecule has 1 aliphatic heterocycles. The Morgan fingerprint density at radius 3 is 2.17 bits per heavy atom. The van der Waals surface area contributed by atoms with E-state index in [0.717, 1.165) is 24.3 Å². The molecule has 0 bridgehead atoms. The van der Waals surface area contributed by atoms with E-state index in [4.69, 9.17) is 16.3 Å². The van der Waals surface area contributed by atoms with Crippen molar-refractivity contribution in [3.8, 4) is 0 Å². The van der Waals surface area contributed by atoms with Crippen molar-refractivity contribution in [1.29, 1.82) is 0 Å². The van der Waals surface area contributed by atoms with Crippen molar-refractivity contribution in [1.82, 2.24) is 4.90 Å². The van der Waals surface area contributed by atoms with Crippen LogP contribution in [0.2, 0.25) is 5.02 Å². The predicted octanol–water partition coefficient (Wildman–Crippen LogP) is 6.27. The van der Waals surface area contributed by atoms with Crippen LogP contribution in [0.1, 0.15) is 22.7 Å². The van der Waals surface area contributed by atoms with Gasteiger partial charge in [0, 0.05) is 36.0 Å². The number of ether oxygens (including phenoxy) is 1. The molecular formula is C33H31ClFN3O3. The Kier molecular flexibility index (Phi) is 9.29. The van der Waals surface area contributed by atoms with E-state index >= 15 is 0 Å². The van der Waals surface area contributed by atoms with Gasteiger partial charge in [0.1, 0.15) is 11.9 Å². The molecule has 1 aliphatic rings. The van der Waals surface area contributed by atoms with Crippen molar-refractivity contribution in [3.05, 3.63) is 131 Å². The van der Waals surface area contributed by atoms with Gasteiger partial charge in [-0.15, -0.1) is 0 Å². The normalized spacial score (nSPS) is 13.9. The Morgan fingerprint density at radius 1 is 0.854 bits per heavy atom. The largest absolute Gasteiger partial charge is 0.378 e. The molecule has 1 unspecified atom stereocenters. The third-order valence-corrected chi connectivity index (χ3v) is 7.29. The third-order valence-electron chi connectivity index (χ3n) is 7.04. The lowest BCUT2D eigenvalue weighted by molar-refractivity contribution is -0.139. The van der Waals surface area contributed by atoms with Gasteiger partial charge in [-0.25, -0.2) is 4.39 Å². The Morgan fingerprint density at radius 2 is 1.51 bits per heavy atom. The molecule has 0 radical (unpaired) electrons. The van der Waals surface area contributed by atoms with E-state index < -0.39 is 6.04 Å². The molecule has 0 aromatic heterocycles. The smallest absolute Gasteiger partial charge is 0.251 e. The maximum absolute atomic E-state index is 14.0. The SMILES string of the molecule is O=C(Nc1ccc(N2CCOCC2)cc1)C(c1ccc(Cl)cc1)N(Cc1ccc(F)cc1)C(=O)Cc1ccccc1. The van der Waals surface area contributed by atoms with Gasteiger partial charge in [-0.3, -0.25) is 9.59 Å². The van der Waals surface area contributed by atoms with E-state index in [0.29, 0.717) is 35.1 Å². The molecule has 4 aromatic carbocycles. The maximum Gasteiger partial charge on any atom is 0.251 e. The van der Waals surface area contributed by atoms with E-state index in [-0.39, 0.29) is 30.6 Å². The monoisotopic (exact) mass is 571 g/mol. The van der Waals surface area contributed by atoms with E-state index in [1.807, 2.05) is 54.6 Å². The highest BCUT2D eigenvalue weighted by atomic mass is 35.5. The molecule has 1 fully saturated rings. The number of morpholine rings is 1. The molecule has 41 heavy (non-hydrogen) atoms. The summed E-state index contributed by atoms with van der Waals surface area (Å²) in [6.07, 6.45) is 0.105. The van der Waals surface area contributed by atoms with Gasteiger partial charge in [0.05, 0.1) is 19.6 Å². The van der Waals surface area contributed by atoms with E-state index in [1.54, 1.807) is 41.3 Å². The molecule has 210 valence electrons. The lowest BCUT2D eigenvalue weighted by atomic mass is 10.0. The number of hydrogen-bond acceptors (Lipinski definition) is 4. The van der Waals surface area contributed by atoms with Crippen LogP contribution in [0.25, 0.3) is 0 Å². The zero-order valence-corrected chi connectivity index (χ0v) is 23.3. The number of carbonyl (C=O) groups is 2. The molecule has 5 rings (SSSR count). The minimum absolute atomic E-state index is 0.105. The highest BCUT2D eigenvalue weighted by Gasteiger charge is 2.32. The van der Waals surface area contributed by atoms with Gasteiger partial charge in [-0.2, -0.15) is 0 Å². The van der Waals surface area contributed by atoms with Gasteiger partial charge in [-0.05, 0) is 65.2 Å². The van der Waals surface area contributed by atoms with E-state index in [2.05, 4.69) is 10.2 Å². The zero-order valence-electron chi connectivity index (χ0n) is 22.5. The van der Waals surface area contributed by atoms with Crippen LogP contribution < -0.4 is 10.2 Å². The number of rotatable bonds is 9. The first-order valence-electron chi connectivity index (χ1n) is 13.5. The second-order valence-corrected chi connectivity index (χ2v) is 10.3. The molecular weight excluding hydrogens is 541 g/mol. The van der Waals surface area contributed by atoms with Gasteiger partial charge < -0.3 is 19.9 Å². The quantitative estimate of drug-likeness (QED) is 0.257. The zero-order chi connectivity index (χ0) is 28.6. The Labute approximate surface area is 244 Å². The number of amides is 2. The average molecular weight is 572 g/mol. The summed E-state index contributed by atoms with van der Waals surface area (Å²) in [5.41, 5.74) is 3.81. The molecule has 0 saturated carbocycles. The van der Waals surface area contributed by atoms with Crippen molar-refractivity contribution in [2.24, 2.45) is 0 Å². The maximum atomic E-state index is 14.0. The lowest BCUT2D eigenvalue weighted by Gasteiger charge is -2.32. The third kappa shape index (κ3) is 7.51. The molecule has 1 N–H and O–H groups in total. The van der Waals surface area contributed by atoms with Crippen LogP contribution in [0.4, 0.5) is 15.8 Å². The fraction of sp³-hybridized carbons (Fsp3) is 0.212. The molecule has 2 amide bonds. The number of carbonyl (C=O) groups excluding carboxylic acids is 2. The summed E-state index contributed by atoms with van der Waals surface area (Å²) in [7, 11) is 0. The van der Waals surface area contributed by atoms with Crippen LogP contribution in [-0.2, 0) is 27.3 Å². The molecule has 4 aromatic rings. The van der Waals surface area contributed by atoms with Gasteiger partial charge in [0.15, 0.2) is 0 Å². The summed E-state index contributed by atoms with van der Waals surface area (Å²) in [6, 6.07) is 28.9. The first kappa shape index (κ1) is 28.3. The summed E-state index contributed by atoms with van der Waals surface area (Å²) >= 11 is 6.17. The van der Waals surface area contributed by atoms with E-state index in [9.17, 15) is 14.0 Å². The molecule has 0 spiro atoms. The minimum Gasteiger partial charge on any atom is -0.378 e. The first-order chi connectivity index (χ1) is 20.0. The lowest BCUT2D eigenvalue weighted by Crippen LogP contribution is -2.41. The van der Waals surface area contributed by atoms with Crippen molar-refractivity contribution < 1.29 is 18.7 Å². The van der Waals surface area contributed by atoms with Gasteiger partial charge in [0.2, 0.25) is 5.91 Å². The van der Waals surface area contributed by atoms with Gasteiger partial charge >= 0.3 is 0 Å². The van der Waals surface area contributed by atoms with Gasteiger partial charge in [0.25, 0.3) is 5.91 Å². The summed E-state index contributed by atoms with van der Waals surface area (Å²) in [4.78, 5) is 31.7. The summed E-state index contributed by atoms with van der Waals surface area (Å²) in [5, 5.41) is 3.53. The molecule has 8 heteroatoms. The highest BCUT2D eigenvalue weighted by Crippen LogP contribution is 2.28. The van der Waals surface area contributed by atoms with Crippen LogP contribution in [0.3, 0.4) is 0 Å². The number of halogens is 2. The van der Waals surface area contributed by atoms with Gasteiger partial charge in [-0.1, -0.05) is 66.2 Å². The number of nitrogens with one attached hydrogen (secondary N) is 1. The topological polar surface area (TPSA) is 61.9 Å². The standard InChI is InChI=1S/C33H31ClFN3O3/c34-27-10-8-26(9-11-27)32(33(40)36-29-14-16-30(17-15-29)37-18-20-41-21-19-37)38(23-25-6-12-28(35)13-7-25)31(39)22-24-4-2-1-3-5-24/h1-17,32H,18-23H2,(H,36,40). The van der Waals surface area contributed by atoms with E-state index in [1.165, 1.54) is 12.1 Å². The summed E-state index contributed by atoms with van der Waals surface area (Å²) in [5.74, 6) is -0.975. The predicted molar refractivity (Wildman–Crippen MR) is 159 cm³/mol. The number of hydrogen-bond donors (Lipinski definition) is 1. The van der Waals surface area contributed by atoms with Crippen LogP contribution in [0.5, 0.6) is 0 Å². The number of benzene rings is 4. The molecule has 6 nitrogen and oxygen atoms in total. The molecule has 1 saturated heterocycles. The Hall–Kier alpha value is -4.20. The second-order valence-electron chi connectivity index (χ2n) is 9.90. The van der Waals surface area contributed by atoms with Crippen molar-refractivity contribution in [3.63, 3.8) is 0 Å². The van der Waals surface area contributed by atoms with Crippen LogP contribution in [-0.4, -0.2) is 43.0 Å². The van der Waals surface area contributed by atoms with Crippen LogP contribution in [0, 0.1) is 5.82 Å². The number of nitrogens with zero attached hydrogens (tertiary/aromatic N) is 2. The van der Waals surface area contributed by atoms with Crippen LogP contribution in [0.15, 0.2) is 103 Å². The minimum atomic E-state index is -0.965. The highest BCUT2D eigenvalue weighted by molar-refractivity contribution is 6.30. The first-order valence-corrected chi connectivity index (χ1v) is 13.9. The second kappa shape index (κ2) is 13.4. The number of anilines is 2. The molecule has 1 heterocycles.